The van der Waals surface area contributed by atoms with Crippen LogP contribution < -0.4 is 16.2 Å². The maximum absolute atomic E-state index is 13.0. The number of halogens is 1. The van der Waals surface area contributed by atoms with E-state index < -0.39 is 29.6 Å². The van der Waals surface area contributed by atoms with Gasteiger partial charge in [-0.05, 0) is 42.0 Å². The molecule has 30 heavy (non-hydrogen) atoms. The Bertz CT molecular complexity index is 1010. The van der Waals surface area contributed by atoms with Gasteiger partial charge in [0.15, 0.2) is 0 Å². The average Bonchev–Trinajstić information content (AvgIpc) is 2.78. The van der Waals surface area contributed by atoms with Crippen molar-refractivity contribution in [1.82, 2.24) is 16.2 Å². The first kappa shape index (κ1) is 20.7. The van der Waals surface area contributed by atoms with E-state index in [4.69, 9.17) is 0 Å². The van der Waals surface area contributed by atoms with Gasteiger partial charge in [-0.15, -0.1) is 0 Å². The molecule has 0 fully saturated rings. The minimum atomic E-state index is -0.923. The SMILES string of the molecule is O=C(NNC(=O)[C@@H](Cc1ccccc1)NC(=O)c1ccccc1)c1ccc(F)cc1. The minimum absolute atomic E-state index is 0.185. The van der Waals surface area contributed by atoms with Gasteiger partial charge in [0.25, 0.3) is 17.7 Å². The van der Waals surface area contributed by atoms with Crippen molar-refractivity contribution in [2.75, 3.05) is 0 Å². The molecular formula is C23H20FN3O3. The average molecular weight is 405 g/mol. The van der Waals surface area contributed by atoms with Crippen LogP contribution in [0.4, 0.5) is 4.39 Å². The molecule has 0 unspecified atom stereocenters. The molecule has 1 atom stereocenters. The van der Waals surface area contributed by atoms with E-state index in [1.807, 2.05) is 30.3 Å². The molecular weight excluding hydrogens is 385 g/mol. The zero-order chi connectivity index (χ0) is 21.3. The van der Waals surface area contributed by atoms with Gasteiger partial charge >= 0.3 is 0 Å². The van der Waals surface area contributed by atoms with Gasteiger partial charge < -0.3 is 5.32 Å². The van der Waals surface area contributed by atoms with Crippen molar-refractivity contribution in [1.29, 1.82) is 0 Å². The predicted molar refractivity (Wildman–Crippen MR) is 110 cm³/mol. The van der Waals surface area contributed by atoms with Gasteiger partial charge in [0.05, 0.1) is 0 Å². The van der Waals surface area contributed by atoms with Crippen molar-refractivity contribution in [3.05, 3.63) is 107 Å². The van der Waals surface area contributed by atoms with E-state index in [0.717, 1.165) is 17.7 Å². The number of carbonyl (C=O) groups is 3. The Hall–Kier alpha value is -4.00. The Kier molecular flexibility index (Phi) is 6.89. The van der Waals surface area contributed by atoms with Gasteiger partial charge in [0, 0.05) is 17.5 Å². The summed E-state index contributed by atoms with van der Waals surface area (Å²) in [5, 5.41) is 2.70. The van der Waals surface area contributed by atoms with Gasteiger partial charge in [-0.1, -0.05) is 48.5 Å². The van der Waals surface area contributed by atoms with Crippen LogP contribution in [-0.2, 0) is 11.2 Å². The summed E-state index contributed by atoms with van der Waals surface area (Å²) in [5.41, 5.74) is 6.05. The van der Waals surface area contributed by atoms with Crippen molar-refractivity contribution in [2.45, 2.75) is 12.5 Å². The van der Waals surface area contributed by atoms with Crippen molar-refractivity contribution >= 4 is 17.7 Å². The van der Waals surface area contributed by atoms with Crippen LogP contribution in [-0.4, -0.2) is 23.8 Å². The molecule has 0 heterocycles. The molecule has 0 aromatic heterocycles. The molecule has 0 saturated carbocycles. The third kappa shape index (κ3) is 5.75. The fourth-order valence-corrected chi connectivity index (χ4v) is 2.77. The number of amides is 3. The molecule has 3 N–H and O–H groups in total. The lowest BCUT2D eigenvalue weighted by Crippen LogP contribution is -2.53. The van der Waals surface area contributed by atoms with E-state index in [0.29, 0.717) is 5.56 Å². The zero-order valence-electron chi connectivity index (χ0n) is 16.0. The Morgan fingerprint density at radius 3 is 1.90 bits per heavy atom. The Morgan fingerprint density at radius 1 is 0.700 bits per heavy atom. The van der Waals surface area contributed by atoms with Crippen LogP contribution in [0.1, 0.15) is 26.3 Å². The fraction of sp³-hybridized carbons (Fsp3) is 0.0870. The highest BCUT2D eigenvalue weighted by atomic mass is 19.1. The zero-order valence-corrected chi connectivity index (χ0v) is 16.0. The van der Waals surface area contributed by atoms with Crippen molar-refractivity contribution < 1.29 is 18.8 Å². The van der Waals surface area contributed by atoms with Gasteiger partial charge in [-0.25, -0.2) is 4.39 Å². The number of benzene rings is 3. The number of carbonyl (C=O) groups excluding carboxylic acids is 3. The van der Waals surface area contributed by atoms with Crippen molar-refractivity contribution in [2.24, 2.45) is 0 Å². The maximum atomic E-state index is 13.0. The molecule has 0 aliphatic carbocycles. The van der Waals surface area contributed by atoms with Crippen LogP contribution >= 0.6 is 0 Å². The summed E-state index contributed by atoms with van der Waals surface area (Å²) in [4.78, 5) is 37.4. The highest BCUT2D eigenvalue weighted by Gasteiger charge is 2.22. The molecule has 0 aliphatic heterocycles. The third-order valence-electron chi connectivity index (χ3n) is 4.35. The number of nitrogens with one attached hydrogen (secondary N) is 3. The molecule has 3 rings (SSSR count). The second kappa shape index (κ2) is 9.97. The van der Waals surface area contributed by atoms with Crippen LogP contribution in [0.25, 0.3) is 0 Å². The van der Waals surface area contributed by atoms with Gasteiger partial charge in [-0.3, -0.25) is 25.2 Å². The second-order valence-electron chi connectivity index (χ2n) is 6.53. The maximum Gasteiger partial charge on any atom is 0.269 e. The molecule has 0 spiro atoms. The van der Waals surface area contributed by atoms with Crippen molar-refractivity contribution in [3.63, 3.8) is 0 Å². The highest BCUT2D eigenvalue weighted by molar-refractivity contribution is 5.99. The van der Waals surface area contributed by atoms with E-state index in [1.165, 1.54) is 12.1 Å². The Balaban J connectivity index is 1.68. The normalized spacial score (nSPS) is 11.2. The standard InChI is InChI=1S/C23H20FN3O3/c24-19-13-11-18(12-14-19)22(29)26-27-23(30)20(15-16-7-3-1-4-8-16)25-21(28)17-9-5-2-6-10-17/h1-14,20H,15H2,(H,25,28)(H,26,29)(H,27,30)/t20-/m1/s1. The van der Waals surface area contributed by atoms with E-state index >= 15 is 0 Å². The van der Waals surface area contributed by atoms with E-state index in [9.17, 15) is 18.8 Å². The van der Waals surface area contributed by atoms with Crippen LogP contribution in [0.3, 0.4) is 0 Å². The molecule has 0 bridgehead atoms. The van der Waals surface area contributed by atoms with Crippen molar-refractivity contribution in [3.8, 4) is 0 Å². The molecule has 3 aromatic carbocycles. The molecule has 0 aliphatic rings. The molecule has 0 saturated heterocycles. The predicted octanol–water partition coefficient (Wildman–Crippen LogP) is 2.63. The number of rotatable bonds is 6. The van der Waals surface area contributed by atoms with Crippen LogP contribution in [0.5, 0.6) is 0 Å². The van der Waals surface area contributed by atoms with Crippen LogP contribution in [0.15, 0.2) is 84.9 Å². The number of hydrogen-bond donors (Lipinski definition) is 3. The summed E-state index contributed by atoms with van der Waals surface area (Å²) >= 11 is 0. The smallest absolute Gasteiger partial charge is 0.269 e. The summed E-state index contributed by atoms with van der Waals surface area (Å²) in [6.45, 7) is 0. The molecule has 3 aromatic rings. The van der Waals surface area contributed by atoms with E-state index in [2.05, 4.69) is 16.2 Å². The monoisotopic (exact) mass is 405 g/mol. The highest BCUT2D eigenvalue weighted by Crippen LogP contribution is 2.06. The third-order valence-corrected chi connectivity index (χ3v) is 4.35. The quantitative estimate of drug-likeness (QED) is 0.551. The molecule has 6 nitrogen and oxygen atoms in total. The number of hydrogen-bond acceptors (Lipinski definition) is 3. The lowest BCUT2D eigenvalue weighted by atomic mass is 10.0. The molecule has 0 radical (unpaired) electrons. The van der Waals surface area contributed by atoms with Gasteiger partial charge in [-0.2, -0.15) is 0 Å². The lowest BCUT2D eigenvalue weighted by Gasteiger charge is -2.19. The van der Waals surface area contributed by atoms with Gasteiger partial charge in [0.1, 0.15) is 11.9 Å². The first-order chi connectivity index (χ1) is 14.5. The Morgan fingerprint density at radius 2 is 1.27 bits per heavy atom. The van der Waals surface area contributed by atoms with E-state index in [-0.39, 0.29) is 12.0 Å². The summed E-state index contributed by atoms with van der Waals surface area (Å²) < 4.78 is 13.0. The Labute approximate surface area is 173 Å². The lowest BCUT2D eigenvalue weighted by molar-refractivity contribution is -0.123. The first-order valence-corrected chi connectivity index (χ1v) is 9.28. The summed E-state index contributed by atoms with van der Waals surface area (Å²) in [6.07, 6.45) is 0.234. The topological polar surface area (TPSA) is 87.3 Å². The summed E-state index contributed by atoms with van der Waals surface area (Å²) in [7, 11) is 0. The van der Waals surface area contributed by atoms with Gasteiger partial charge in [0.2, 0.25) is 0 Å². The molecule has 152 valence electrons. The second-order valence-corrected chi connectivity index (χ2v) is 6.53. The summed E-state index contributed by atoms with van der Waals surface area (Å²) in [6, 6.07) is 21.7. The minimum Gasteiger partial charge on any atom is -0.340 e. The van der Waals surface area contributed by atoms with Crippen LogP contribution in [0, 0.1) is 5.82 Å². The fourth-order valence-electron chi connectivity index (χ4n) is 2.77. The summed E-state index contributed by atoms with van der Waals surface area (Å²) in [5.74, 6) is -2.06. The molecule has 7 heteroatoms. The van der Waals surface area contributed by atoms with E-state index in [1.54, 1.807) is 30.3 Å². The first-order valence-electron chi connectivity index (χ1n) is 9.28. The largest absolute Gasteiger partial charge is 0.340 e. The molecule has 3 amide bonds. The number of hydrazine groups is 1. The van der Waals surface area contributed by atoms with Crippen LogP contribution in [0.2, 0.25) is 0 Å².